The smallest absolute Gasteiger partial charge is 0.338 e. The molecule has 1 fully saturated rings. The number of ether oxygens (including phenoxy) is 1. The van der Waals surface area contributed by atoms with Gasteiger partial charge < -0.3 is 9.15 Å². The van der Waals surface area contributed by atoms with Crippen molar-refractivity contribution in [1.82, 2.24) is 14.5 Å². The molecule has 0 saturated carbocycles. The fraction of sp³-hybridized carbons (Fsp3) is 0.318. The van der Waals surface area contributed by atoms with Crippen LogP contribution in [0.15, 0.2) is 57.8 Å². The summed E-state index contributed by atoms with van der Waals surface area (Å²) in [7, 11) is -3.81. The molecule has 0 amide bonds. The third-order valence-corrected chi connectivity index (χ3v) is 7.54. The lowest BCUT2D eigenvalue weighted by atomic mass is 10.2. The van der Waals surface area contributed by atoms with E-state index in [-0.39, 0.29) is 28.0 Å². The number of hydrogen-bond donors (Lipinski definition) is 0. The third-order valence-electron chi connectivity index (χ3n) is 5.16. The van der Waals surface area contributed by atoms with Crippen molar-refractivity contribution in [2.24, 2.45) is 0 Å². The van der Waals surface area contributed by atoms with Gasteiger partial charge in [-0.2, -0.15) is 4.31 Å². The zero-order chi connectivity index (χ0) is 22.6. The van der Waals surface area contributed by atoms with Crippen molar-refractivity contribution in [1.29, 1.82) is 0 Å². The number of aromatic nitrogens is 2. The maximum Gasteiger partial charge on any atom is 0.338 e. The highest BCUT2D eigenvalue weighted by Gasteiger charge is 2.28. The molecule has 8 nitrogen and oxygen atoms in total. The lowest BCUT2D eigenvalue weighted by molar-refractivity contribution is 0.0438. The fourth-order valence-electron chi connectivity index (χ4n) is 3.47. The lowest BCUT2D eigenvalue weighted by Gasteiger charge is -2.20. The zero-order valence-electron chi connectivity index (χ0n) is 17.2. The summed E-state index contributed by atoms with van der Waals surface area (Å²) in [6, 6.07) is 13.3. The molecule has 2 aromatic carbocycles. The summed E-state index contributed by atoms with van der Waals surface area (Å²) in [5.74, 6) is -0.272. The molecule has 0 unspecified atom stereocenters. The topological polar surface area (TPSA) is 103 Å². The van der Waals surface area contributed by atoms with Crippen molar-refractivity contribution in [3.63, 3.8) is 0 Å². The minimum Gasteiger partial charge on any atom is -0.452 e. The zero-order valence-corrected chi connectivity index (χ0v) is 18.8. The van der Waals surface area contributed by atoms with Crippen LogP contribution in [0, 0.1) is 0 Å². The Morgan fingerprint density at radius 1 is 1.03 bits per heavy atom. The van der Waals surface area contributed by atoms with E-state index in [0.717, 1.165) is 31.2 Å². The maximum absolute atomic E-state index is 13.1. The standard InChI is InChI=1S/C22H22ClN3O5S/c23-18-11-10-17(14-19(18)32(28,29)26-12-6-1-2-7-13-26)22(27)30-15-20-24-25-21(31-20)16-8-4-3-5-9-16/h3-5,8-11,14H,1-2,6-7,12-13,15H2. The first-order chi connectivity index (χ1) is 15.4. The number of benzene rings is 2. The quantitative estimate of drug-likeness (QED) is 0.489. The number of nitrogens with zero attached hydrogens (tertiary/aromatic N) is 3. The van der Waals surface area contributed by atoms with E-state index in [1.54, 1.807) is 0 Å². The van der Waals surface area contributed by atoms with Crippen molar-refractivity contribution in [3.05, 3.63) is 65.0 Å². The average molecular weight is 476 g/mol. The van der Waals surface area contributed by atoms with Crippen LogP contribution in [0.3, 0.4) is 0 Å². The van der Waals surface area contributed by atoms with Crippen LogP contribution in [0.4, 0.5) is 0 Å². The van der Waals surface area contributed by atoms with E-state index in [2.05, 4.69) is 10.2 Å². The van der Waals surface area contributed by atoms with Crippen molar-refractivity contribution >= 4 is 27.6 Å². The van der Waals surface area contributed by atoms with E-state index in [9.17, 15) is 13.2 Å². The van der Waals surface area contributed by atoms with Crippen molar-refractivity contribution in [3.8, 4) is 11.5 Å². The first kappa shape index (κ1) is 22.4. The minimum atomic E-state index is -3.81. The number of rotatable bonds is 6. The average Bonchev–Trinajstić information content (AvgIpc) is 3.10. The second kappa shape index (κ2) is 9.81. The largest absolute Gasteiger partial charge is 0.452 e. The molecule has 10 heteroatoms. The van der Waals surface area contributed by atoms with E-state index in [0.29, 0.717) is 19.0 Å². The van der Waals surface area contributed by atoms with Crippen LogP contribution in [0.25, 0.3) is 11.5 Å². The Bertz CT molecular complexity index is 1190. The first-order valence-electron chi connectivity index (χ1n) is 10.3. The summed E-state index contributed by atoms with van der Waals surface area (Å²) in [5, 5.41) is 7.89. The van der Waals surface area contributed by atoms with Crippen LogP contribution in [0.5, 0.6) is 0 Å². The number of sulfonamides is 1. The van der Waals surface area contributed by atoms with Gasteiger partial charge in [0.15, 0.2) is 6.61 Å². The molecule has 0 aliphatic carbocycles. The highest BCUT2D eigenvalue weighted by molar-refractivity contribution is 7.89. The van der Waals surface area contributed by atoms with Gasteiger partial charge in [-0.05, 0) is 43.2 Å². The molecule has 0 bridgehead atoms. The van der Waals surface area contributed by atoms with Gasteiger partial charge in [0.1, 0.15) is 4.90 Å². The monoisotopic (exact) mass is 475 g/mol. The molecule has 1 aliphatic heterocycles. The molecule has 3 aromatic rings. The van der Waals surface area contributed by atoms with Crippen molar-refractivity contribution in [2.75, 3.05) is 13.1 Å². The predicted molar refractivity (Wildman–Crippen MR) is 118 cm³/mol. The number of halogens is 1. The van der Waals surface area contributed by atoms with Crippen LogP contribution in [-0.2, 0) is 21.4 Å². The highest BCUT2D eigenvalue weighted by Crippen LogP contribution is 2.28. The SMILES string of the molecule is O=C(OCc1nnc(-c2ccccc2)o1)c1ccc(Cl)c(S(=O)(=O)N2CCCCCC2)c1. The van der Waals surface area contributed by atoms with Gasteiger partial charge in [-0.25, -0.2) is 13.2 Å². The van der Waals surface area contributed by atoms with Crippen LogP contribution >= 0.6 is 11.6 Å². The van der Waals surface area contributed by atoms with Crippen LogP contribution in [0.2, 0.25) is 5.02 Å². The highest BCUT2D eigenvalue weighted by atomic mass is 35.5. The molecule has 1 aromatic heterocycles. The van der Waals surface area contributed by atoms with E-state index in [4.69, 9.17) is 20.8 Å². The Balaban J connectivity index is 1.47. The van der Waals surface area contributed by atoms with Gasteiger partial charge in [-0.3, -0.25) is 0 Å². The Morgan fingerprint density at radius 2 is 1.75 bits per heavy atom. The summed E-state index contributed by atoms with van der Waals surface area (Å²) in [5.41, 5.74) is 0.823. The van der Waals surface area contributed by atoms with Gasteiger partial charge >= 0.3 is 5.97 Å². The van der Waals surface area contributed by atoms with E-state index in [1.165, 1.54) is 22.5 Å². The molecule has 1 saturated heterocycles. The summed E-state index contributed by atoms with van der Waals surface area (Å²) in [6.45, 7) is 0.637. The molecule has 4 rings (SSSR count). The normalized spacial score (nSPS) is 15.3. The maximum atomic E-state index is 13.1. The summed E-state index contributed by atoms with van der Waals surface area (Å²) in [6.07, 6.45) is 3.59. The molecule has 1 aliphatic rings. The van der Waals surface area contributed by atoms with Crippen LogP contribution < -0.4 is 0 Å². The number of carbonyl (C=O) groups is 1. The molecule has 2 heterocycles. The molecule has 168 valence electrons. The number of carbonyl (C=O) groups excluding carboxylic acids is 1. The molecule has 0 N–H and O–H groups in total. The van der Waals surface area contributed by atoms with Gasteiger partial charge in [0.25, 0.3) is 5.89 Å². The Labute approximate surface area is 191 Å². The van der Waals surface area contributed by atoms with E-state index >= 15 is 0 Å². The van der Waals surface area contributed by atoms with Crippen molar-refractivity contribution in [2.45, 2.75) is 37.2 Å². The fourth-order valence-corrected chi connectivity index (χ4v) is 5.49. The molecular formula is C22H22ClN3O5S. The minimum absolute atomic E-state index is 0.0650. The van der Waals surface area contributed by atoms with Gasteiger partial charge in [-0.15, -0.1) is 10.2 Å². The van der Waals surface area contributed by atoms with Gasteiger partial charge in [-0.1, -0.05) is 42.6 Å². The van der Waals surface area contributed by atoms with Gasteiger partial charge in [0.2, 0.25) is 15.9 Å². The molecule has 0 spiro atoms. The Hall–Kier alpha value is -2.75. The molecule has 32 heavy (non-hydrogen) atoms. The summed E-state index contributed by atoms with van der Waals surface area (Å²) >= 11 is 6.19. The van der Waals surface area contributed by atoms with Crippen LogP contribution in [-0.4, -0.2) is 42.0 Å². The molecular weight excluding hydrogens is 454 g/mol. The first-order valence-corrected chi connectivity index (χ1v) is 12.1. The number of hydrogen-bond acceptors (Lipinski definition) is 7. The van der Waals surface area contributed by atoms with Gasteiger partial charge in [0.05, 0.1) is 10.6 Å². The predicted octanol–water partition coefficient (Wildman–Crippen LogP) is 4.31. The van der Waals surface area contributed by atoms with Gasteiger partial charge in [0, 0.05) is 18.7 Å². The van der Waals surface area contributed by atoms with E-state index in [1.807, 2.05) is 30.3 Å². The second-order valence-corrected chi connectivity index (χ2v) is 9.72. The number of esters is 1. The van der Waals surface area contributed by atoms with E-state index < -0.39 is 16.0 Å². The Kier molecular flexibility index (Phi) is 6.88. The summed E-state index contributed by atoms with van der Waals surface area (Å²) < 4.78 is 38.4. The third kappa shape index (κ3) is 5.01. The van der Waals surface area contributed by atoms with Crippen molar-refractivity contribution < 1.29 is 22.4 Å². The molecule has 0 radical (unpaired) electrons. The Morgan fingerprint density at radius 3 is 2.47 bits per heavy atom. The van der Waals surface area contributed by atoms with Crippen LogP contribution in [0.1, 0.15) is 41.9 Å². The molecule has 0 atom stereocenters. The summed E-state index contributed by atoms with van der Waals surface area (Å²) in [4.78, 5) is 12.5. The second-order valence-electron chi connectivity index (χ2n) is 7.41. The lowest BCUT2D eigenvalue weighted by Crippen LogP contribution is -2.32.